The van der Waals surface area contributed by atoms with E-state index in [1.165, 1.54) is 0 Å². The number of halogens is 1. The zero-order valence-electron chi connectivity index (χ0n) is 19.7. The largest absolute Gasteiger partial charge is 0.329 e. The molecule has 6 heteroatoms. The van der Waals surface area contributed by atoms with Crippen LogP contribution in [-0.2, 0) is 0 Å². The molecule has 174 valence electrons. The lowest BCUT2D eigenvalue weighted by Gasteiger charge is -2.30. The summed E-state index contributed by atoms with van der Waals surface area (Å²) in [6, 6.07) is 21.6. The zero-order chi connectivity index (χ0) is 24.2. The van der Waals surface area contributed by atoms with E-state index in [0.29, 0.717) is 33.9 Å². The van der Waals surface area contributed by atoms with Gasteiger partial charge in [0.15, 0.2) is 0 Å². The molecule has 1 heterocycles. The first-order valence-corrected chi connectivity index (χ1v) is 11.9. The fourth-order valence-electron chi connectivity index (χ4n) is 4.07. The zero-order valence-corrected chi connectivity index (χ0v) is 20.4. The molecule has 0 aliphatic carbocycles. The van der Waals surface area contributed by atoms with Gasteiger partial charge in [-0.15, -0.1) is 0 Å². The number of aryl methyl sites for hydroxylation is 1. The number of benzene rings is 3. The number of fused-ring (bicyclic) bond motifs is 1. The van der Waals surface area contributed by atoms with Crippen molar-refractivity contribution in [3.63, 3.8) is 0 Å². The second-order valence-electron chi connectivity index (χ2n) is 8.50. The Morgan fingerprint density at radius 3 is 2.38 bits per heavy atom. The van der Waals surface area contributed by atoms with Crippen LogP contribution in [0, 0.1) is 6.92 Å². The van der Waals surface area contributed by atoms with Crippen LogP contribution in [0.2, 0.25) is 5.02 Å². The monoisotopic (exact) mass is 473 g/mol. The van der Waals surface area contributed by atoms with Gasteiger partial charge in [0, 0.05) is 17.1 Å². The molecule has 0 N–H and O–H groups in total. The van der Waals surface area contributed by atoms with Crippen molar-refractivity contribution >= 4 is 28.4 Å². The number of aromatic nitrogens is 2. The average molecular weight is 474 g/mol. The van der Waals surface area contributed by atoms with Crippen LogP contribution in [0.3, 0.4) is 0 Å². The minimum absolute atomic E-state index is 0.115. The van der Waals surface area contributed by atoms with Gasteiger partial charge in [-0.1, -0.05) is 54.8 Å². The molecule has 1 unspecified atom stereocenters. The highest BCUT2D eigenvalue weighted by Crippen LogP contribution is 2.25. The van der Waals surface area contributed by atoms with Gasteiger partial charge >= 0.3 is 0 Å². The van der Waals surface area contributed by atoms with Crippen molar-refractivity contribution in [2.75, 3.05) is 6.54 Å². The van der Waals surface area contributed by atoms with Gasteiger partial charge in [-0.25, -0.2) is 4.98 Å². The summed E-state index contributed by atoms with van der Waals surface area (Å²) < 4.78 is 1.64. The molecule has 4 rings (SSSR count). The molecule has 4 aromatic rings. The van der Waals surface area contributed by atoms with Gasteiger partial charge < -0.3 is 4.90 Å². The van der Waals surface area contributed by atoms with Crippen LogP contribution in [0.15, 0.2) is 77.6 Å². The Morgan fingerprint density at radius 1 is 1.03 bits per heavy atom. The van der Waals surface area contributed by atoms with Crippen LogP contribution in [0.1, 0.15) is 54.5 Å². The summed E-state index contributed by atoms with van der Waals surface area (Å²) in [5.74, 6) is 0.418. The number of carbonyl (C=O) groups is 1. The Morgan fingerprint density at radius 2 is 1.71 bits per heavy atom. The van der Waals surface area contributed by atoms with Gasteiger partial charge in [0.1, 0.15) is 5.82 Å². The number of nitrogens with zero attached hydrogens (tertiary/aromatic N) is 3. The van der Waals surface area contributed by atoms with Crippen molar-refractivity contribution in [2.45, 2.75) is 39.7 Å². The number of unbranched alkanes of at least 4 members (excludes halogenated alkanes) is 1. The summed E-state index contributed by atoms with van der Waals surface area (Å²) in [4.78, 5) is 33.9. The van der Waals surface area contributed by atoms with Gasteiger partial charge in [-0.05, 0) is 68.8 Å². The summed E-state index contributed by atoms with van der Waals surface area (Å²) in [6.07, 6.45) is 1.78. The second-order valence-corrected chi connectivity index (χ2v) is 8.93. The predicted octanol–water partition coefficient (Wildman–Crippen LogP) is 6.35. The maximum Gasteiger partial charge on any atom is 0.266 e. The topological polar surface area (TPSA) is 55.2 Å². The highest BCUT2D eigenvalue weighted by molar-refractivity contribution is 6.30. The summed E-state index contributed by atoms with van der Waals surface area (Å²) in [7, 11) is 0. The highest BCUT2D eigenvalue weighted by atomic mass is 35.5. The Hall–Kier alpha value is -3.44. The second kappa shape index (κ2) is 10.2. The number of amides is 1. The minimum atomic E-state index is -0.437. The Kier molecular flexibility index (Phi) is 7.13. The smallest absolute Gasteiger partial charge is 0.266 e. The lowest BCUT2D eigenvalue weighted by molar-refractivity contribution is 0.0678. The fourth-order valence-corrected chi connectivity index (χ4v) is 4.20. The van der Waals surface area contributed by atoms with Crippen LogP contribution in [0.25, 0.3) is 16.6 Å². The number of para-hydroxylation sites is 1. The molecule has 0 aliphatic rings. The summed E-state index contributed by atoms with van der Waals surface area (Å²) >= 11 is 6.04. The van der Waals surface area contributed by atoms with Crippen LogP contribution in [0.5, 0.6) is 0 Å². The van der Waals surface area contributed by atoms with Gasteiger partial charge in [0.25, 0.3) is 11.5 Å². The van der Waals surface area contributed by atoms with E-state index in [1.807, 2.05) is 56.3 Å². The van der Waals surface area contributed by atoms with Crippen molar-refractivity contribution in [1.29, 1.82) is 0 Å². The van der Waals surface area contributed by atoms with E-state index in [1.54, 1.807) is 39.8 Å². The standard InChI is InChI=1S/C28H28ClN3O2/c1-4-5-18-31(27(33)21-12-14-22(29)15-13-21)20(3)26-30-25-9-7-6-8-24(25)28(34)32(26)23-16-10-19(2)11-17-23/h6-17,20H,4-5,18H2,1-3H3. The van der Waals surface area contributed by atoms with Crippen LogP contribution >= 0.6 is 11.6 Å². The maximum absolute atomic E-state index is 13.7. The first-order valence-electron chi connectivity index (χ1n) is 11.6. The number of rotatable bonds is 7. The van der Waals surface area contributed by atoms with E-state index >= 15 is 0 Å². The molecule has 5 nitrogen and oxygen atoms in total. The Bertz CT molecular complexity index is 1360. The quantitative estimate of drug-likeness (QED) is 0.314. The number of hydrogen-bond donors (Lipinski definition) is 0. The third-order valence-electron chi connectivity index (χ3n) is 6.04. The molecule has 0 bridgehead atoms. The summed E-state index contributed by atoms with van der Waals surface area (Å²) in [5.41, 5.74) is 2.85. The van der Waals surface area contributed by atoms with E-state index in [4.69, 9.17) is 16.6 Å². The van der Waals surface area contributed by atoms with Crippen molar-refractivity contribution < 1.29 is 4.79 Å². The molecular weight excluding hydrogens is 446 g/mol. The van der Waals surface area contributed by atoms with E-state index in [9.17, 15) is 9.59 Å². The first-order chi connectivity index (χ1) is 16.4. The first kappa shape index (κ1) is 23.7. The van der Waals surface area contributed by atoms with Crippen molar-refractivity contribution in [1.82, 2.24) is 14.5 Å². The summed E-state index contributed by atoms with van der Waals surface area (Å²) in [6.45, 7) is 6.58. The number of carbonyl (C=O) groups excluding carboxylic acids is 1. The van der Waals surface area contributed by atoms with E-state index in [2.05, 4.69) is 6.92 Å². The molecule has 0 fully saturated rings. The molecule has 34 heavy (non-hydrogen) atoms. The predicted molar refractivity (Wildman–Crippen MR) is 138 cm³/mol. The summed E-state index contributed by atoms with van der Waals surface area (Å²) in [5, 5.41) is 1.12. The van der Waals surface area contributed by atoms with Gasteiger partial charge in [0.2, 0.25) is 0 Å². The van der Waals surface area contributed by atoms with E-state index < -0.39 is 6.04 Å². The third kappa shape index (κ3) is 4.75. The molecule has 1 aromatic heterocycles. The van der Waals surface area contributed by atoms with E-state index in [0.717, 1.165) is 24.1 Å². The van der Waals surface area contributed by atoms with Crippen molar-refractivity contribution in [3.05, 3.63) is 105 Å². The fraction of sp³-hybridized carbons (Fsp3) is 0.250. The van der Waals surface area contributed by atoms with Crippen molar-refractivity contribution in [2.24, 2.45) is 0 Å². The average Bonchev–Trinajstić information content (AvgIpc) is 2.85. The maximum atomic E-state index is 13.7. The molecule has 0 aliphatic heterocycles. The lowest BCUT2D eigenvalue weighted by atomic mass is 10.1. The van der Waals surface area contributed by atoms with Crippen molar-refractivity contribution in [3.8, 4) is 5.69 Å². The molecule has 0 saturated carbocycles. The highest BCUT2D eigenvalue weighted by Gasteiger charge is 2.27. The Balaban J connectivity index is 1.88. The van der Waals surface area contributed by atoms with E-state index in [-0.39, 0.29) is 11.5 Å². The normalized spacial score (nSPS) is 12.0. The van der Waals surface area contributed by atoms with Crippen LogP contribution in [0.4, 0.5) is 0 Å². The van der Waals surface area contributed by atoms with Gasteiger partial charge in [0.05, 0.1) is 22.6 Å². The molecule has 0 radical (unpaired) electrons. The van der Waals surface area contributed by atoms with Gasteiger partial charge in [-0.2, -0.15) is 0 Å². The molecule has 0 spiro atoms. The van der Waals surface area contributed by atoms with Gasteiger partial charge in [-0.3, -0.25) is 14.2 Å². The molecule has 3 aromatic carbocycles. The lowest BCUT2D eigenvalue weighted by Crippen LogP contribution is -2.38. The molecule has 0 saturated heterocycles. The van der Waals surface area contributed by atoms with Crippen LogP contribution < -0.4 is 5.56 Å². The number of hydrogen-bond acceptors (Lipinski definition) is 3. The molecule has 1 atom stereocenters. The molecular formula is C28H28ClN3O2. The Labute approximate surface area is 204 Å². The molecule has 1 amide bonds. The van der Waals surface area contributed by atoms with Crippen LogP contribution in [-0.4, -0.2) is 26.9 Å². The SMILES string of the molecule is CCCCN(C(=O)c1ccc(Cl)cc1)C(C)c1nc2ccccc2c(=O)n1-c1ccc(C)cc1. The third-order valence-corrected chi connectivity index (χ3v) is 6.29. The minimum Gasteiger partial charge on any atom is -0.329 e.